The summed E-state index contributed by atoms with van der Waals surface area (Å²) in [5.41, 5.74) is 4.89. The molecule has 9 heteroatoms. The molecule has 0 unspecified atom stereocenters. The summed E-state index contributed by atoms with van der Waals surface area (Å²) < 4.78 is 0. The van der Waals surface area contributed by atoms with E-state index in [1.807, 2.05) is 25.1 Å². The van der Waals surface area contributed by atoms with Crippen molar-refractivity contribution in [2.45, 2.75) is 40.2 Å². The first-order valence-corrected chi connectivity index (χ1v) is 12.5. The number of anilines is 2. The lowest BCUT2D eigenvalue weighted by molar-refractivity contribution is 0.0725. The van der Waals surface area contributed by atoms with Crippen LogP contribution in [-0.4, -0.2) is 81.5 Å². The molecule has 3 heterocycles. The second-order valence-corrected chi connectivity index (χ2v) is 9.24. The Bertz CT molecular complexity index is 1170. The topological polar surface area (TPSA) is 98.6 Å². The zero-order chi connectivity index (χ0) is 25.7. The molecule has 9 nitrogen and oxygen atoms in total. The van der Waals surface area contributed by atoms with Crippen LogP contribution in [-0.2, 0) is 6.42 Å². The molecule has 2 aromatic heterocycles. The van der Waals surface area contributed by atoms with E-state index in [1.54, 1.807) is 11.1 Å². The fraction of sp³-hybridized carbons (Fsp3) is 0.444. The van der Waals surface area contributed by atoms with Gasteiger partial charge in [-0.1, -0.05) is 30.3 Å². The maximum absolute atomic E-state index is 12.6. The van der Waals surface area contributed by atoms with Gasteiger partial charge in [-0.3, -0.25) is 4.79 Å². The normalized spacial score (nSPS) is 15.8. The van der Waals surface area contributed by atoms with E-state index in [0.29, 0.717) is 6.54 Å². The van der Waals surface area contributed by atoms with Crippen LogP contribution in [0.15, 0.2) is 42.7 Å². The van der Waals surface area contributed by atoms with Crippen LogP contribution < -0.4 is 9.80 Å². The average Bonchev–Trinajstić information content (AvgIpc) is 2.90. The van der Waals surface area contributed by atoms with Gasteiger partial charge in [0, 0.05) is 45.2 Å². The van der Waals surface area contributed by atoms with Crippen molar-refractivity contribution >= 4 is 17.5 Å². The van der Waals surface area contributed by atoms with Crippen molar-refractivity contribution in [2.75, 3.05) is 49.1 Å². The Balaban J connectivity index is 1.43. The van der Waals surface area contributed by atoms with Crippen molar-refractivity contribution in [2.24, 2.45) is 0 Å². The van der Waals surface area contributed by atoms with Crippen LogP contribution in [0.25, 0.3) is 0 Å². The van der Waals surface area contributed by atoms with Gasteiger partial charge in [-0.25, -0.2) is 9.97 Å². The van der Waals surface area contributed by atoms with Crippen LogP contribution in [0.4, 0.5) is 11.6 Å². The van der Waals surface area contributed by atoms with Crippen LogP contribution in [0, 0.1) is 13.8 Å². The summed E-state index contributed by atoms with van der Waals surface area (Å²) in [6.07, 6.45) is 3.97. The van der Waals surface area contributed by atoms with Crippen molar-refractivity contribution in [3.05, 3.63) is 70.8 Å². The van der Waals surface area contributed by atoms with Crippen molar-refractivity contribution in [3.8, 4) is 0 Å². The number of hydrogen-bond donors (Lipinski definition) is 1. The number of aromatic nitrogens is 4. The SMILES string of the molecule is CCN(CCO)C(=O)c1cnc(N2CCN(c3nnc(Cc4ccccc4)c(C)c3C)C[C@H]2C)cn1. The second kappa shape index (κ2) is 11.4. The molecular weight excluding hydrogens is 454 g/mol. The van der Waals surface area contributed by atoms with Crippen LogP contribution in [0.2, 0.25) is 0 Å². The number of benzene rings is 1. The molecular formula is C27H35N7O2. The van der Waals surface area contributed by atoms with Crippen molar-refractivity contribution in [1.82, 2.24) is 25.1 Å². The van der Waals surface area contributed by atoms with E-state index in [4.69, 9.17) is 5.11 Å². The summed E-state index contributed by atoms with van der Waals surface area (Å²) in [5, 5.41) is 18.4. The molecule has 36 heavy (non-hydrogen) atoms. The molecule has 1 saturated heterocycles. The fourth-order valence-corrected chi connectivity index (χ4v) is 4.66. The predicted octanol–water partition coefficient (Wildman–Crippen LogP) is 2.64. The van der Waals surface area contributed by atoms with Gasteiger partial charge in [0.2, 0.25) is 0 Å². The van der Waals surface area contributed by atoms with Crippen molar-refractivity contribution in [3.63, 3.8) is 0 Å². The van der Waals surface area contributed by atoms with Gasteiger partial charge in [0.05, 0.1) is 24.7 Å². The minimum absolute atomic E-state index is 0.0774. The van der Waals surface area contributed by atoms with Gasteiger partial charge in [0.25, 0.3) is 5.91 Å². The van der Waals surface area contributed by atoms with Crippen molar-refractivity contribution in [1.29, 1.82) is 0 Å². The van der Waals surface area contributed by atoms with E-state index in [0.717, 1.165) is 43.4 Å². The molecule has 1 fully saturated rings. The van der Waals surface area contributed by atoms with Crippen molar-refractivity contribution < 1.29 is 9.90 Å². The minimum atomic E-state index is -0.219. The summed E-state index contributed by atoms with van der Waals surface area (Å²) in [6, 6.07) is 10.5. The third kappa shape index (κ3) is 5.46. The minimum Gasteiger partial charge on any atom is -0.395 e. The molecule has 0 saturated carbocycles. The Labute approximate surface area is 212 Å². The van der Waals surface area contributed by atoms with Gasteiger partial charge in [-0.15, -0.1) is 5.10 Å². The number of hydrogen-bond acceptors (Lipinski definition) is 8. The summed E-state index contributed by atoms with van der Waals surface area (Å²) in [4.78, 5) is 27.6. The number of amides is 1. The first-order valence-electron chi connectivity index (χ1n) is 12.5. The van der Waals surface area contributed by atoms with E-state index < -0.39 is 0 Å². The molecule has 0 spiro atoms. The van der Waals surface area contributed by atoms with Crippen LogP contribution in [0.3, 0.4) is 0 Å². The summed E-state index contributed by atoms with van der Waals surface area (Å²) in [7, 11) is 0. The number of aliphatic hydroxyl groups excluding tert-OH is 1. The third-order valence-corrected chi connectivity index (χ3v) is 6.93. The van der Waals surface area contributed by atoms with Crippen LogP contribution in [0.5, 0.6) is 0 Å². The van der Waals surface area contributed by atoms with Gasteiger partial charge < -0.3 is 19.8 Å². The maximum atomic E-state index is 12.6. The number of carbonyl (C=O) groups excluding carboxylic acids is 1. The largest absolute Gasteiger partial charge is 0.395 e. The van der Waals surface area contributed by atoms with Gasteiger partial charge in [0.1, 0.15) is 11.5 Å². The molecule has 1 atom stereocenters. The fourth-order valence-electron chi connectivity index (χ4n) is 4.66. The standard InChI is InChI=1S/C27H35N7O2/c1-5-32(13-14-35)27(36)24-16-29-25(17-28-24)34-12-11-33(18-19(34)2)26-21(4)20(3)23(30-31-26)15-22-9-7-6-8-10-22/h6-10,16-17,19,35H,5,11-15,18H2,1-4H3/t19-/m1/s1. The molecule has 0 aliphatic carbocycles. The molecule has 1 aliphatic heterocycles. The van der Waals surface area contributed by atoms with Gasteiger partial charge >= 0.3 is 0 Å². The predicted molar refractivity (Wildman–Crippen MR) is 140 cm³/mol. The molecule has 4 rings (SSSR count). The number of rotatable bonds is 8. The molecule has 1 aromatic carbocycles. The monoisotopic (exact) mass is 489 g/mol. The van der Waals surface area contributed by atoms with E-state index in [1.165, 1.54) is 22.9 Å². The van der Waals surface area contributed by atoms with E-state index in [9.17, 15) is 4.79 Å². The van der Waals surface area contributed by atoms with E-state index >= 15 is 0 Å². The number of carbonyl (C=O) groups is 1. The molecule has 1 amide bonds. The number of likely N-dealkylation sites (N-methyl/N-ethyl adjacent to an activating group) is 1. The summed E-state index contributed by atoms with van der Waals surface area (Å²) in [5.74, 6) is 1.47. The Kier molecular flexibility index (Phi) is 8.10. The van der Waals surface area contributed by atoms with Gasteiger partial charge in [-0.05, 0) is 44.4 Å². The highest BCUT2D eigenvalue weighted by Crippen LogP contribution is 2.26. The molecule has 3 aromatic rings. The first-order chi connectivity index (χ1) is 17.4. The third-order valence-electron chi connectivity index (χ3n) is 6.93. The zero-order valence-electron chi connectivity index (χ0n) is 21.6. The van der Waals surface area contributed by atoms with Gasteiger partial charge in [0.15, 0.2) is 5.82 Å². The maximum Gasteiger partial charge on any atom is 0.274 e. The summed E-state index contributed by atoms with van der Waals surface area (Å²) in [6.45, 7) is 11.4. The lowest BCUT2D eigenvalue weighted by Crippen LogP contribution is -2.53. The lowest BCUT2D eigenvalue weighted by Gasteiger charge is -2.41. The van der Waals surface area contributed by atoms with Crippen LogP contribution in [0.1, 0.15) is 46.7 Å². The quantitative estimate of drug-likeness (QED) is 0.516. The highest BCUT2D eigenvalue weighted by atomic mass is 16.3. The molecule has 0 bridgehead atoms. The van der Waals surface area contributed by atoms with Gasteiger partial charge in [-0.2, -0.15) is 5.10 Å². The Morgan fingerprint density at radius 3 is 2.50 bits per heavy atom. The molecule has 190 valence electrons. The smallest absolute Gasteiger partial charge is 0.274 e. The molecule has 1 N–H and O–H groups in total. The number of piperazine rings is 1. The van der Waals surface area contributed by atoms with E-state index in [-0.39, 0.29) is 30.8 Å². The number of aliphatic hydroxyl groups is 1. The highest BCUT2D eigenvalue weighted by molar-refractivity contribution is 5.92. The van der Waals surface area contributed by atoms with Crippen LogP contribution >= 0.6 is 0 Å². The Hall–Kier alpha value is -3.59. The lowest BCUT2D eigenvalue weighted by atomic mass is 10.0. The molecule has 0 radical (unpaired) electrons. The molecule has 1 aliphatic rings. The van der Waals surface area contributed by atoms with E-state index in [2.05, 4.69) is 62.9 Å². The Morgan fingerprint density at radius 1 is 1.08 bits per heavy atom. The zero-order valence-corrected chi connectivity index (χ0v) is 21.6. The average molecular weight is 490 g/mol. The second-order valence-electron chi connectivity index (χ2n) is 9.24. The highest BCUT2D eigenvalue weighted by Gasteiger charge is 2.28. The summed E-state index contributed by atoms with van der Waals surface area (Å²) >= 11 is 0. The first kappa shape index (κ1) is 25.5. The number of nitrogens with zero attached hydrogens (tertiary/aromatic N) is 7. The Morgan fingerprint density at radius 2 is 1.86 bits per heavy atom.